The molecule has 2 aromatic heterocycles. The second-order valence-corrected chi connectivity index (χ2v) is 7.10. The highest BCUT2D eigenvalue weighted by Gasteiger charge is 2.18. The summed E-state index contributed by atoms with van der Waals surface area (Å²) < 4.78 is 3.45. The smallest absolute Gasteiger partial charge is 0.274 e. The molecular formula is C22H22N6O. The average Bonchev–Trinajstić information content (AvgIpc) is 3.40. The van der Waals surface area contributed by atoms with E-state index in [0.717, 1.165) is 22.6 Å². The second-order valence-electron chi connectivity index (χ2n) is 7.10. The van der Waals surface area contributed by atoms with E-state index < -0.39 is 0 Å². The first kappa shape index (κ1) is 18.6. The number of hydrogen-bond donors (Lipinski definition) is 1. The summed E-state index contributed by atoms with van der Waals surface area (Å²) in [5.74, 6) is 0.0276. The van der Waals surface area contributed by atoms with Gasteiger partial charge in [0, 0.05) is 5.69 Å². The Morgan fingerprint density at radius 2 is 1.83 bits per heavy atom. The molecule has 0 bridgehead atoms. The van der Waals surface area contributed by atoms with Gasteiger partial charge in [-0.2, -0.15) is 10.2 Å². The van der Waals surface area contributed by atoms with Gasteiger partial charge in [0.05, 0.1) is 17.9 Å². The van der Waals surface area contributed by atoms with E-state index >= 15 is 0 Å². The van der Waals surface area contributed by atoms with Crippen LogP contribution in [-0.4, -0.2) is 30.5 Å². The zero-order chi connectivity index (χ0) is 20.2. The maximum atomic E-state index is 13.0. The summed E-state index contributed by atoms with van der Waals surface area (Å²) in [6.07, 6.45) is 3.18. The summed E-state index contributed by atoms with van der Waals surface area (Å²) in [5.41, 5.74) is 4.04. The Morgan fingerprint density at radius 3 is 2.48 bits per heavy atom. The second kappa shape index (κ2) is 8.10. The van der Waals surface area contributed by atoms with Crippen LogP contribution in [0, 0.1) is 0 Å². The van der Waals surface area contributed by atoms with Crippen molar-refractivity contribution in [2.75, 3.05) is 5.32 Å². The molecule has 0 unspecified atom stereocenters. The van der Waals surface area contributed by atoms with Crippen molar-refractivity contribution in [1.82, 2.24) is 24.5 Å². The van der Waals surface area contributed by atoms with Gasteiger partial charge < -0.3 is 5.32 Å². The number of rotatable bonds is 6. The summed E-state index contributed by atoms with van der Waals surface area (Å²) in [7, 11) is 0. The van der Waals surface area contributed by atoms with E-state index in [0.29, 0.717) is 12.2 Å². The Morgan fingerprint density at radius 1 is 1.07 bits per heavy atom. The van der Waals surface area contributed by atoms with Gasteiger partial charge in [-0.05, 0) is 41.8 Å². The van der Waals surface area contributed by atoms with Gasteiger partial charge in [-0.15, -0.1) is 0 Å². The molecule has 29 heavy (non-hydrogen) atoms. The number of nitrogens with zero attached hydrogens (tertiary/aromatic N) is 5. The molecule has 7 heteroatoms. The van der Waals surface area contributed by atoms with E-state index in [2.05, 4.69) is 34.3 Å². The number of para-hydroxylation sites is 1. The van der Waals surface area contributed by atoms with Crippen molar-refractivity contribution >= 4 is 11.6 Å². The van der Waals surface area contributed by atoms with Gasteiger partial charge in [-0.1, -0.05) is 44.2 Å². The van der Waals surface area contributed by atoms with Crippen LogP contribution >= 0.6 is 0 Å². The fourth-order valence-corrected chi connectivity index (χ4v) is 3.00. The largest absolute Gasteiger partial charge is 0.321 e. The molecule has 7 nitrogen and oxygen atoms in total. The molecule has 0 atom stereocenters. The van der Waals surface area contributed by atoms with Gasteiger partial charge in [0.2, 0.25) is 0 Å². The van der Waals surface area contributed by atoms with Crippen LogP contribution in [0.4, 0.5) is 5.69 Å². The van der Waals surface area contributed by atoms with Crippen LogP contribution in [0.3, 0.4) is 0 Å². The lowest BCUT2D eigenvalue weighted by Crippen LogP contribution is -2.17. The monoisotopic (exact) mass is 386 g/mol. The van der Waals surface area contributed by atoms with Crippen molar-refractivity contribution in [2.45, 2.75) is 26.3 Å². The molecular weight excluding hydrogens is 364 g/mol. The zero-order valence-corrected chi connectivity index (χ0v) is 16.4. The molecule has 4 rings (SSSR count). The van der Waals surface area contributed by atoms with E-state index in [9.17, 15) is 4.79 Å². The normalized spacial score (nSPS) is 11.0. The molecule has 2 aromatic carbocycles. The number of hydrogen-bond acceptors (Lipinski definition) is 4. The van der Waals surface area contributed by atoms with Crippen LogP contribution < -0.4 is 5.32 Å². The topological polar surface area (TPSA) is 77.6 Å². The highest BCUT2D eigenvalue weighted by molar-refractivity contribution is 6.03. The number of benzene rings is 2. The lowest BCUT2D eigenvalue weighted by atomic mass is 10.1. The maximum absolute atomic E-state index is 13.0. The molecule has 0 aliphatic heterocycles. The molecule has 0 fully saturated rings. The van der Waals surface area contributed by atoms with Gasteiger partial charge in [0.1, 0.15) is 18.3 Å². The van der Waals surface area contributed by atoms with Crippen LogP contribution in [0.1, 0.15) is 41.5 Å². The van der Waals surface area contributed by atoms with Gasteiger partial charge in [-0.25, -0.2) is 14.3 Å². The molecule has 1 amide bonds. The number of anilines is 1. The average molecular weight is 386 g/mol. The molecule has 0 aliphatic carbocycles. The van der Waals surface area contributed by atoms with E-state index in [4.69, 9.17) is 0 Å². The molecule has 0 saturated heterocycles. The number of nitrogens with one attached hydrogen (secondary N) is 1. The molecule has 0 spiro atoms. The third kappa shape index (κ3) is 4.24. The Kier molecular flexibility index (Phi) is 5.20. The van der Waals surface area contributed by atoms with Gasteiger partial charge in [-0.3, -0.25) is 4.79 Å². The first-order valence-corrected chi connectivity index (χ1v) is 9.48. The molecule has 1 N–H and O–H groups in total. The van der Waals surface area contributed by atoms with Crippen molar-refractivity contribution in [2.24, 2.45) is 0 Å². The maximum Gasteiger partial charge on any atom is 0.274 e. The van der Waals surface area contributed by atoms with Gasteiger partial charge in [0.15, 0.2) is 0 Å². The van der Waals surface area contributed by atoms with E-state index in [-0.39, 0.29) is 11.8 Å². The quantitative estimate of drug-likeness (QED) is 0.545. The fraction of sp³-hybridized carbons (Fsp3) is 0.182. The Balaban J connectivity index is 1.55. The number of amides is 1. The zero-order valence-electron chi connectivity index (χ0n) is 16.4. The summed E-state index contributed by atoms with van der Waals surface area (Å²) in [6.45, 7) is 4.76. The Labute approximate surface area is 169 Å². The van der Waals surface area contributed by atoms with Crippen LogP contribution in [0.25, 0.3) is 5.69 Å². The molecule has 0 saturated carbocycles. The predicted octanol–water partition coefficient (Wildman–Crippen LogP) is 3.89. The lowest BCUT2D eigenvalue weighted by molar-refractivity contribution is 0.101. The predicted molar refractivity (Wildman–Crippen MR) is 111 cm³/mol. The standard InChI is InChI=1S/C22H22N6O/c1-16(2)20-12-21(28(26-20)19-6-4-3-5-7-19)22(29)25-18-10-8-17(9-11-18)13-27-15-23-14-24-27/h3-12,14-16H,13H2,1-2H3,(H,25,29). The summed E-state index contributed by atoms with van der Waals surface area (Å²) >= 11 is 0. The minimum atomic E-state index is -0.197. The van der Waals surface area contributed by atoms with Crippen LogP contribution in [-0.2, 0) is 6.54 Å². The molecule has 146 valence electrons. The van der Waals surface area contributed by atoms with Gasteiger partial charge in [0.25, 0.3) is 5.91 Å². The minimum Gasteiger partial charge on any atom is -0.321 e. The highest BCUT2D eigenvalue weighted by Crippen LogP contribution is 2.20. The summed E-state index contributed by atoms with van der Waals surface area (Å²) in [5, 5.41) is 11.7. The van der Waals surface area contributed by atoms with Crippen molar-refractivity contribution in [3.8, 4) is 5.69 Å². The summed E-state index contributed by atoms with van der Waals surface area (Å²) in [6, 6.07) is 19.2. The lowest BCUT2D eigenvalue weighted by Gasteiger charge is -2.09. The molecule has 0 aliphatic rings. The number of aromatic nitrogens is 5. The van der Waals surface area contributed by atoms with Gasteiger partial charge >= 0.3 is 0 Å². The van der Waals surface area contributed by atoms with Crippen molar-refractivity contribution in [3.05, 3.63) is 90.3 Å². The number of carbonyl (C=O) groups excluding carboxylic acids is 1. The van der Waals surface area contributed by atoms with E-state index in [1.165, 1.54) is 6.33 Å². The minimum absolute atomic E-state index is 0.197. The first-order chi connectivity index (χ1) is 14.1. The van der Waals surface area contributed by atoms with Crippen molar-refractivity contribution in [1.29, 1.82) is 0 Å². The Hall–Kier alpha value is -3.74. The third-order valence-corrected chi connectivity index (χ3v) is 4.58. The Bertz CT molecular complexity index is 1080. The molecule has 2 heterocycles. The van der Waals surface area contributed by atoms with Crippen molar-refractivity contribution < 1.29 is 4.79 Å². The highest BCUT2D eigenvalue weighted by atomic mass is 16.2. The van der Waals surface area contributed by atoms with Crippen LogP contribution in [0.15, 0.2) is 73.3 Å². The van der Waals surface area contributed by atoms with E-state index in [1.807, 2.05) is 60.7 Å². The molecule has 0 radical (unpaired) electrons. The third-order valence-electron chi connectivity index (χ3n) is 4.58. The van der Waals surface area contributed by atoms with Crippen LogP contribution in [0.2, 0.25) is 0 Å². The number of carbonyl (C=O) groups is 1. The summed E-state index contributed by atoms with van der Waals surface area (Å²) in [4.78, 5) is 16.9. The molecule has 4 aromatic rings. The van der Waals surface area contributed by atoms with Crippen molar-refractivity contribution in [3.63, 3.8) is 0 Å². The SMILES string of the molecule is CC(C)c1cc(C(=O)Nc2ccc(Cn3cncn3)cc2)n(-c2ccccc2)n1. The first-order valence-electron chi connectivity index (χ1n) is 9.48. The van der Waals surface area contributed by atoms with Crippen LogP contribution in [0.5, 0.6) is 0 Å². The fourth-order valence-electron chi connectivity index (χ4n) is 3.00. The van der Waals surface area contributed by atoms with E-state index in [1.54, 1.807) is 15.7 Å².